The van der Waals surface area contributed by atoms with Crippen molar-refractivity contribution in [2.75, 3.05) is 19.5 Å². The van der Waals surface area contributed by atoms with Crippen molar-refractivity contribution in [1.82, 2.24) is 4.98 Å². The van der Waals surface area contributed by atoms with Gasteiger partial charge in [-0.1, -0.05) is 0 Å². The lowest BCUT2D eigenvalue weighted by Crippen LogP contribution is -2.05. The highest BCUT2D eigenvalue weighted by Crippen LogP contribution is 2.21. The molecular formula is C9H14N2O2. The third kappa shape index (κ3) is 2.68. The van der Waals surface area contributed by atoms with Crippen LogP contribution in [0.5, 0.6) is 0 Å². The van der Waals surface area contributed by atoms with E-state index in [-0.39, 0.29) is 0 Å². The number of nitrogen functional groups attached to an aromatic ring is 1. The third-order valence-corrected chi connectivity index (χ3v) is 1.84. The van der Waals surface area contributed by atoms with E-state index in [0.717, 1.165) is 0 Å². The van der Waals surface area contributed by atoms with Crippen molar-refractivity contribution in [2.24, 2.45) is 0 Å². The van der Waals surface area contributed by atoms with Gasteiger partial charge in [-0.15, -0.1) is 0 Å². The van der Waals surface area contributed by atoms with Crippen LogP contribution in [0.25, 0.3) is 0 Å². The molecule has 0 spiro atoms. The number of anilines is 1. The SMILES string of the molecule is COCCC(O)c1cnccc1N. The van der Waals surface area contributed by atoms with Crippen molar-refractivity contribution in [3.63, 3.8) is 0 Å². The van der Waals surface area contributed by atoms with Crippen LogP contribution in [0, 0.1) is 0 Å². The monoisotopic (exact) mass is 182 g/mol. The lowest BCUT2D eigenvalue weighted by Gasteiger charge is -2.11. The quantitative estimate of drug-likeness (QED) is 0.720. The molecule has 0 fully saturated rings. The molecule has 0 bridgehead atoms. The molecule has 1 aromatic heterocycles. The van der Waals surface area contributed by atoms with Crippen molar-refractivity contribution >= 4 is 5.69 Å². The van der Waals surface area contributed by atoms with Gasteiger partial charge in [0.2, 0.25) is 0 Å². The Balaban J connectivity index is 2.65. The number of nitrogens with zero attached hydrogens (tertiary/aromatic N) is 1. The molecule has 0 saturated carbocycles. The fourth-order valence-corrected chi connectivity index (χ4v) is 1.08. The second kappa shape index (κ2) is 4.79. The van der Waals surface area contributed by atoms with E-state index in [1.54, 1.807) is 25.6 Å². The van der Waals surface area contributed by atoms with Crippen molar-refractivity contribution in [2.45, 2.75) is 12.5 Å². The van der Waals surface area contributed by atoms with E-state index in [0.29, 0.717) is 24.3 Å². The van der Waals surface area contributed by atoms with E-state index in [2.05, 4.69) is 4.98 Å². The fourth-order valence-electron chi connectivity index (χ4n) is 1.08. The Morgan fingerprint density at radius 2 is 2.46 bits per heavy atom. The maximum absolute atomic E-state index is 9.63. The highest BCUT2D eigenvalue weighted by atomic mass is 16.5. The first kappa shape index (κ1) is 9.95. The summed E-state index contributed by atoms with van der Waals surface area (Å²) in [6, 6.07) is 1.67. The molecule has 1 rings (SSSR count). The van der Waals surface area contributed by atoms with Gasteiger partial charge in [-0.05, 0) is 6.07 Å². The predicted molar refractivity (Wildman–Crippen MR) is 50.1 cm³/mol. The van der Waals surface area contributed by atoms with Crippen LogP contribution >= 0.6 is 0 Å². The predicted octanol–water partition coefficient (Wildman–Crippen LogP) is 0.734. The molecular weight excluding hydrogens is 168 g/mol. The van der Waals surface area contributed by atoms with E-state index in [1.807, 2.05) is 0 Å². The molecule has 0 aliphatic rings. The number of aliphatic hydroxyl groups excluding tert-OH is 1. The Bertz CT molecular complexity index is 266. The molecule has 0 saturated heterocycles. The van der Waals surface area contributed by atoms with Crippen molar-refractivity contribution in [3.8, 4) is 0 Å². The molecule has 1 aromatic rings. The smallest absolute Gasteiger partial charge is 0.0847 e. The Kier molecular flexibility index (Phi) is 3.67. The van der Waals surface area contributed by atoms with Crippen molar-refractivity contribution in [1.29, 1.82) is 0 Å². The van der Waals surface area contributed by atoms with Crippen LogP contribution < -0.4 is 5.73 Å². The van der Waals surface area contributed by atoms with Crippen LogP contribution in [-0.4, -0.2) is 23.8 Å². The number of aromatic nitrogens is 1. The van der Waals surface area contributed by atoms with Gasteiger partial charge < -0.3 is 15.6 Å². The normalized spacial score (nSPS) is 12.8. The Labute approximate surface area is 77.4 Å². The zero-order valence-corrected chi connectivity index (χ0v) is 7.60. The lowest BCUT2D eigenvalue weighted by atomic mass is 10.1. The molecule has 1 heterocycles. The van der Waals surface area contributed by atoms with Crippen LogP contribution in [0.4, 0.5) is 5.69 Å². The van der Waals surface area contributed by atoms with E-state index < -0.39 is 6.10 Å². The number of aliphatic hydroxyl groups is 1. The van der Waals surface area contributed by atoms with Gasteiger partial charge >= 0.3 is 0 Å². The lowest BCUT2D eigenvalue weighted by molar-refractivity contribution is 0.111. The van der Waals surface area contributed by atoms with Gasteiger partial charge in [-0.3, -0.25) is 4.98 Å². The topological polar surface area (TPSA) is 68.4 Å². The zero-order chi connectivity index (χ0) is 9.68. The highest BCUT2D eigenvalue weighted by molar-refractivity contribution is 5.45. The summed E-state index contributed by atoms with van der Waals surface area (Å²) in [6.07, 6.45) is 3.12. The number of ether oxygens (including phenoxy) is 1. The summed E-state index contributed by atoms with van der Waals surface area (Å²) in [6.45, 7) is 0.509. The largest absolute Gasteiger partial charge is 0.398 e. The molecule has 0 radical (unpaired) electrons. The van der Waals surface area contributed by atoms with Crippen LogP contribution in [-0.2, 0) is 4.74 Å². The number of rotatable bonds is 4. The van der Waals surface area contributed by atoms with Crippen LogP contribution in [0.3, 0.4) is 0 Å². The van der Waals surface area contributed by atoms with Gasteiger partial charge in [0.25, 0.3) is 0 Å². The second-order valence-corrected chi connectivity index (χ2v) is 2.80. The van der Waals surface area contributed by atoms with Crippen LogP contribution in [0.1, 0.15) is 18.1 Å². The molecule has 3 N–H and O–H groups in total. The van der Waals surface area contributed by atoms with Gasteiger partial charge in [0.1, 0.15) is 0 Å². The average molecular weight is 182 g/mol. The molecule has 0 aliphatic carbocycles. The van der Waals surface area contributed by atoms with Crippen molar-refractivity contribution < 1.29 is 9.84 Å². The molecule has 0 aromatic carbocycles. The fraction of sp³-hybridized carbons (Fsp3) is 0.444. The molecule has 72 valence electrons. The minimum Gasteiger partial charge on any atom is -0.398 e. The Morgan fingerprint density at radius 1 is 1.69 bits per heavy atom. The summed E-state index contributed by atoms with van der Waals surface area (Å²) in [4.78, 5) is 3.89. The first-order chi connectivity index (χ1) is 6.25. The number of methoxy groups -OCH3 is 1. The maximum Gasteiger partial charge on any atom is 0.0847 e. The first-order valence-electron chi connectivity index (χ1n) is 4.12. The summed E-state index contributed by atoms with van der Waals surface area (Å²) in [5.41, 5.74) is 6.89. The van der Waals surface area contributed by atoms with Gasteiger partial charge in [0.15, 0.2) is 0 Å². The minimum atomic E-state index is -0.589. The Morgan fingerprint density at radius 3 is 3.08 bits per heavy atom. The minimum absolute atomic E-state index is 0.509. The first-order valence-corrected chi connectivity index (χ1v) is 4.12. The number of pyridine rings is 1. The molecule has 0 amide bonds. The molecule has 4 nitrogen and oxygen atoms in total. The molecule has 0 aliphatic heterocycles. The maximum atomic E-state index is 9.63. The number of hydrogen-bond acceptors (Lipinski definition) is 4. The van der Waals surface area contributed by atoms with E-state index >= 15 is 0 Å². The summed E-state index contributed by atoms with van der Waals surface area (Å²) in [7, 11) is 1.60. The van der Waals surface area contributed by atoms with Crippen LogP contribution in [0.15, 0.2) is 18.5 Å². The average Bonchev–Trinajstić information content (AvgIpc) is 2.15. The van der Waals surface area contributed by atoms with Crippen molar-refractivity contribution in [3.05, 3.63) is 24.0 Å². The Hall–Kier alpha value is -1.13. The van der Waals surface area contributed by atoms with Gasteiger partial charge in [-0.2, -0.15) is 0 Å². The van der Waals surface area contributed by atoms with Gasteiger partial charge in [0.05, 0.1) is 6.10 Å². The molecule has 13 heavy (non-hydrogen) atoms. The zero-order valence-electron chi connectivity index (χ0n) is 7.60. The number of hydrogen-bond donors (Lipinski definition) is 2. The summed E-state index contributed by atoms with van der Waals surface area (Å²) in [5, 5.41) is 9.63. The highest BCUT2D eigenvalue weighted by Gasteiger charge is 2.09. The second-order valence-electron chi connectivity index (χ2n) is 2.80. The van der Waals surface area contributed by atoms with Crippen LogP contribution in [0.2, 0.25) is 0 Å². The summed E-state index contributed by atoms with van der Waals surface area (Å²) >= 11 is 0. The summed E-state index contributed by atoms with van der Waals surface area (Å²) in [5.74, 6) is 0. The molecule has 4 heteroatoms. The number of nitrogens with two attached hydrogens (primary N) is 1. The molecule has 1 unspecified atom stereocenters. The van der Waals surface area contributed by atoms with E-state index in [9.17, 15) is 5.11 Å². The summed E-state index contributed by atoms with van der Waals surface area (Å²) < 4.78 is 4.85. The van der Waals surface area contributed by atoms with Gasteiger partial charge in [0, 0.05) is 43.8 Å². The molecule has 1 atom stereocenters. The standard InChI is InChI=1S/C9H14N2O2/c1-13-5-3-9(12)7-6-11-4-2-8(7)10/h2,4,6,9,12H,3,5H2,1H3,(H2,10,11). The third-order valence-electron chi connectivity index (χ3n) is 1.84. The van der Waals surface area contributed by atoms with Gasteiger partial charge in [-0.25, -0.2) is 0 Å². The van der Waals surface area contributed by atoms with E-state index in [1.165, 1.54) is 0 Å². The van der Waals surface area contributed by atoms with E-state index in [4.69, 9.17) is 10.5 Å².